The van der Waals surface area contributed by atoms with Crippen LogP contribution in [0.3, 0.4) is 0 Å². The highest BCUT2D eigenvalue weighted by Crippen LogP contribution is 1.90. The SMILES string of the molecule is CCn1cc(N)c(=O)n(CCOCCO)c1=O. The van der Waals surface area contributed by atoms with Crippen LogP contribution < -0.4 is 17.0 Å². The Morgan fingerprint density at radius 2 is 2.12 bits per heavy atom. The molecule has 0 amide bonds. The van der Waals surface area contributed by atoms with E-state index in [1.165, 1.54) is 10.8 Å². The van der Waals surface area contributed by atoms with Crippen LogP contribution in [0.2, 0.25) is 0 Å². The van der Waals surface area contributed by atoms with Crippen molar-refractivity contribution in [3.05, 3.63) is 27.0 Å². The van der Waals surface area contributed by atoms with Gasteiger partial charge in [-0.3, -0.25) is 13.9 Å². The Hall–Kier alpha value is -1.60. The molecule has 0 saturated carbocycles. The van der Waals surface area contributed by atoms with Crippen LogP contribution in [-0.4, -0.2) is 34.1 Å². The first-order chi connectivity index (χ1) is 8.11. The highest BCUT2D eigenvalue weighted by atomic mass is 16.5. The van der Waals surface area contributed by atoms with Gasteiger partial charge in [0.2, 0.25) is 0 Å². The molecule has 1 rings (SSSR count). The number of hydrogen-bond acceptors (Lipinski definition) is 5. The van der Waals surface area contributed by atoms with Gasteiger partial charge in [-0.15, -0.1) is 0 Å². The average molecular weight is 243 g/mol. The lowest BCUT2D eigenvalue weighted by atomic mass is 10.5. The number of nitrogens with two attached hydrogens (primary N) is 1. The van der Waals surface area contributed by atoms with Gasteiger partial charge in [0.05, 0.1) is 26.4 Å². The Morgan fingerprint density at radius 1 is 1.41 bits per heavy atom. The minimum absolute atomic E-state index is 0.0357. The molecule has 17 heavy (non-hydrogen) atoms. The molecule has 0 unspecified atom stereocenters. The molecular formula is C10H17N3O4. The quantitative estimate of drug-likeness (QED) is 0.600. The van der Waals surface area contributed by atoms with Crippen LogP contribution in [0.15, 0.2) is 15.8 Å². The summed E-state index contributed by atoms with van der Waals surface area (Å²) in [7, 11) is 0. The van der Waals surface area contributed by atoms with Gasteiger partial charge < -0.3 is 15.6 Å². The zero-order chi connectivity index (χ0) is 12.8. The van der Waals surface area contributed by atoms with Crippen LogP contribution in [0.4, 0.5) is 5.69 Å². The molecule has 0 fully saturated rings. The molecule has 0 aromatic carbocycles. The van der Waals surface area contributed by atoms with Crippen LogP contribution in [0.5, 0.6) is 0 Å². The maximum Gasteiger partial charge on any atom is 0.331 e. The summed E-state index contributed by atoms with van der Waals surface area (Å²) in [4.78, 5) is 23.4. The number of nitrogen functional groups attached to an aromatic ring is 1. The van der Waals surface area contributed by atoms with Gasteiger partial charge in [0.25, 0.3) is 5.56 Å². The molecule has 1 heterocycles. The van der Waals surface area contributed by atoms with Crippen molar-refractivity contribution in [2.45, 2.75) is 20.0 Å². The van der Waals surface area contributed by atoms with Crippen molar-refractivity contribution in [2.75, 3.05) is 25.6 Å². The van der Waals surface area contributed by atoms with Crippen LogP contribution in [-0.2, 0) is 17.8 Å². The molecule has 0 aliphatic heterocycles. The summed E-state index contributed by atoms with van der Waals surface area (Å²) in [5.41, 5.74) is 4.65. The van der Waals surface area contributed by atoms with Crippen molar-refractivity contribution in [1.82, 2.24) is 9.13 Å². The molecule has 0 atom stereocenters. The lowest BCUT2D eigenvalue weighted by molar-refractivity contribution is 0.0858. The molecule has 7 nitrogen and oxygen atoms in total. The van der Waals surface area contributed by atoms with E-state index in [0.29, 0.717) is 6.54 Å². The van der Waals surface area contributed by atoms with Gasteiger partial charge in [-0.2, -0.15) is 0 Å². The molecule has 3 N–H and O–H groups in total. The largest absolute Gasteiger partial charge is 0.394 e. The molecule has 0 radical (unpaired) electrons. The second-order valence-corrected chi connectivity index (χ2v) is 3.45. The lowest BCUT2D eigenvalue weighted by Crippen LogP contribution is -2.41. The third-order valence-electron chi connectivity index (χ3n) is 2.30. The number of rotatable bonds is 6. The maximum atomic E-state index is 11.8. The molecule has 0 bridgehead atoms. The highest BCUT2D eigenvalue weighted by molar-refractivity contribution is 5.30. The highest BCUT2D eigenvalue weighted by Gasteiger charge is 2.07. The molecule has 96 valence electrons. The zero-order valence-corrected chi connectivity index (χ0v) is 9.76. The maximum absolute atomic E-state index is 11.8. The molecule has 0 saturated heterocycles. The molecule has 0 aliphatic rings. The molecule has 0 aliphatic carbocycles. The standard InChI is InChI=1S/C10H17N3O4/c1-2-12-7-8(11)9(15)13(10(12)16)3-5-17-6-4-14/h7,14H,2-6,11H2,1H3. The van der Waals surface area contributed by atoms with Gasteiger partial charge >= 0.3 is 5.69 Å². The van der Waals surface area contributed by atoms with E-state index in [4.69, 9.17) is 15.6 Å². The predicted octanol–water partition coefficient (Wildman–Crippen LogP) is -1.38. The number of hydrogen-bond donors (Lipinski definition) is 2. The third-order valence-corrected chi connectivity index (χ3v) is 2.30. The fourth-order valence-corrected chi connectivity index (χ4v) is 1.42. The van der Waals surface area contributed by atoms with E-state index >= 15 is 0 Å². The molecular weight excluding hydrogens is 226 g/mol. The Labute approximate surface area is 98.1 Å². The molecule has 1 aromatic heterocycles. The topological polar surface area (TPSA) is 99.5 Å². The molecule has 7 heteroatoms. The summed E-state index contributed by atoms with van der Waals surface area (Å²) < 4.78 is 7.41. The van der Waals surface area contributed by atoms with Crippen LogP contribution in [0, 0.1) is 0 Å². The minimum Gasteiger partial charge on any atom is -0.394 e. The van der Waals surface area contributed by atoms with E-state index in [0.717, 1.165) is 4.57 Å². The monoisotopic (exact) mass is 243 g/mol. The Morgan fingerprint density at radius 3 is 2.71 bits per heavy atom. The fourth-order valence-electron chi connectivity index (χ4n) is 1.42. The number of anilines is 1. The van der Waals surface area contributed by atoms with Crippen molar-refractivity contribution in [1.29, 1.82) is 0 Å². The summed E-state index contributed by atoms with van der Waals surface area (Å²) >= 11 is 0. The second kappa shape index (κ2) is 6.21. The van der Waals surface area contributed by atoms with Crippen LogP contribution >= 0.6 is 0 Å². The number of aromatic nitrogens is 2. The second-order valence-electron chi connectivity index (χ2n) is 3.45. The van der Waals surface area contributed by atoms with Crippen molar-refractivity contribution in [3.63, 3.8) is 0 Å². The number of aliphatic hydroxyl groups is 1. The van der Waals surface area contributed by atoms with E-state index in [9.17, 15) is 9.59 Å². The van der Waals surface area contributed by atoms with Gasteiger partial charge in [0.1, 0.15) is 5.69 Å². The van der Waals surface area contributed by atoms with Gasteiger partial charge in [-0.05, 0) is 6.92 Å². The van der Waals surface area contributed by atoms with E-state index in [2.05, 4.69) is 0 Å². The van der Waals surface area contributed by atoms with E-state index in [-0.39, 0.29) is 32.1 Å². The van der Waals surface area contributed by atoms with Crippen molar-refractivity contribution in [3.8, 4) is 0 Å². The van der Waals surface area contributed by atoms with Crippen molar-refractivity contribution >= 4 is 5.69 Å². The molecule has 0 spiro atoms. The Bertz CT molecular complexity index is 477. The summed E-state index contributed by atoms with van der Waals surface area (Å²) in [5.74, 6) is 0. The first-order valence-corrected chi connectivity index (χ1v) is 5.40. The number of ether oxygens (including phenoxy) is 1. The van der Waals surface area contributed by atoms with Crippen molar-refractivity contribution < 1.29 is 9.84 Å². The average Bonchev–Trinajstić information content (AvgIpc) is 2.33. The normalized spacial score (nSPS) is 10.7. The van der Waals surface area contributed by atoms with Gasteiger partial charge in [-0.25, -0.2) is 4.79 Å². The third kappa shape index (κ3) is 3.18. The van der Waals surface area contributed by atoms with Crippen molar-refractivity contribution in [2.24, 2.45) is 0 Å². The Balaban J connectivity index is 2.94. The van der Waals surface area contributed by atoms with E-state index in [1.54, 1.807) is 6.92 Å². The fraction of sp³-hybridized carbons (Fsp3) is 0.600. The number of aryl methyl sites for hydroxylation is 1. The first kappa shape index (κ1) is 13.5. The van der Waals surface area contributed by atoms with E-state index in [1.807, 2.05) is 0 Å². The molecule has 1 aromatic rings. The Kier molecular flexibility index (Phi) is 4.92. The summed E-state index contributed by atoms with van der Waals surface area (Å²) in [5, 5.41) is 8.52. The summed E-state index contributed by atoms with van der Waals surface area (Å²) in [6.07, 6.45) is 1.34. The van der Waals surface area contributed by atoms with Gasteiger partial charge in [0, 0.05) is 12.7 Å². The van der Waals surface area contributed by atoms with Crippen LogP contribution in [0.25, 0.3) is 0 Å². The summed E-state index contributed by atoms with van der Waals surface area (Å²) in [6.45, 7) is 2.63. The number of aliphatic hydroxyl groups excluding tert-OH is 1. The van der Waals surface area contributed by atoms with Crippen LogP contribution in [0.1, 0.15) is 6.92 Å². The predicted molar refractivity (Wildman–Crippen MR) is 63.0 cm³/mol. The first-order valence-electron chi connectivity index (χ1n) is 5.40. The van der Waals surface area contributed by atoms with Gasteiger partial charge in [-0.1, -0.05) is 0 Å². The smallest absolute Gasteiger partial charge is 0.331 e. The number of nitrogens with zero attached hydrogens (tertiary/aromatic N) is 2. The van der Waals surface area contributed by atoms with Gasteiger partial charge in [0.15, 0.2) is 0 Å². The van der Waals surface area contributed by atoms with E-state index < -0.39 is 11.2 Å². The zero-order valence-electron chi connectivity index (χ0n) is 9.76. The lowest BCUT2D eigenvalue weighted by Gasteiger charge is -2.09. The minimum atomic E-state index is -0.507. The summed E-state index contributed by atoms with van der Waals surface area (Å²) in [6, 6.07) is 0.